The van der Waals surface area contributed by atoms with Gasteiger partial charge in [0.1, 0.15) is 18.0 Å². The highest BCUT2D eigenvalue weighted by atomic mass is 19.1. The van der Waals surface area contributed by atoms with E-state index in [1.54, 1.807) is 12.1 Å². The molecule has 0 aromatic heterocycles. The molecule has 1 N–H and O–H groups in total. The van der Waals surface area contributed by atoms with E-state index in [-0.39, 0.29) is 11.9 Å². The van der Waals surface area contributed by atoms with Gasteiger partial charge < -0.3 is 9.84 Å². The van der Waals surface area contributed by atoms with Crippen LogP contribution < -0.4 is 0 Å². The molecule has 2 atom stereocenters. The van der Waals surface area contributed by atoms with Gasteiger partial charge in [0, 0.05) is 0 Å². The van der Waals surface area contributed by atoms with Crippen LogP contribution in [0.3, 0.4) is 0 Å². The first-order chi connectivity index (χ1) is 5.77. The van der Waals surface area contributed by atoms with Crippen LogP contribution in [-0.4, -0.2) is 17.8 Å². The van der Waals surface area contributed by atoms with E-state index in [4.69, 9.17) is 4.74 Å². The molecule has 12 heavy (non-hydrogen) atoms. The number of aliphatic hydroxyl groups excluding tert-OH is 1. The summed E-state index contributed by atoms with van der Waals surface area (Å²) in [4.78, 5) is 0. The minimum atomic E-state index is -0.606. The van der Waals surface area contributed by atoms with Crippen LogP contribution in [0.2, 0.25) is 0 Å². The summed E-state index contributed by atoms with van der Waals surface area (Å²) >= 11 is 0. The van der Waals surface area contributed by atoms with E-state index in [2.05, 4.69) is 0 Å². The molecule has 0 radical (unpaired) electrons. The van der Waals surface area contributed by atoms with Gasteiger partial charge in [0.25, 0.3) is 0 Å². The topological polar surface area (TPSA) is 32.8 Å². The molecule has 1 saturated heterocycles. The van der Waals surface area contributed by atoms with Gasteiger partial charge in [-0.3, -0.25) is 0 Å². The molecule has 2 nitrogen and oxygen atoms in total. The molecule has 1 fully saturated rings. The number of halogens is 1. The Morgan fingerprint density at radius 2 is 2.00 bits per heavy atom. The van der Waals surface area contributed by atoms with Crippen LogP contribution in [0.4, 0.5) is 4.39 Å². The van der Waals surface area contributed by atoms with Crippen molar-refractivity contribution in [2.24, 2.45) is 0 Å². The summed E-state index contributed by atoms with van der Waals surface area (Å²) in [5, 5.41) is 9.50. The second kappa shape index (κ2) is 2.84. The van der Waals surface area contributed by atoms with Crippen molar-refractivity contribution in [1.29, 1.82) is 0 Å². The maximum Gasteiger partial charge on any atom is 0.123 e. The predicted octanol–water partition coefficient (Wildman–Crippen LogP) is 1.26. The Kier molecular flexibility index (Phi) is 1.83. The average molecular weight is 168 g/mol. The van der Waals surface area contributed by atoms with E-state index < -0.39 is 6.10 Å². The van der Waals surface area contributed by atoms with E-state index in [1.807, 2.05) is 0 Å². The van der Waals surface area contributed by atoms with Crippen molar-refractivity contribution in [3.8, 4) is 0 Å². The van der Waals surface area contributed by atoms with E-state index in [1.165, 1.54) is 12.1 Å². The van der Waals surface area contributed by atoms with Crippen LogP contribution in [-0.2, 0) is 4.74 Å². The summed E-state index contributed by atoms with van der Waals surface area (Å²) in [6.07, 6.45) is -0.693. The predicted molar refractivity (Wildman–Crippen MR) is 41.1 cm³/mol. The van der Waals surface area contributed by atoms with Crippen molar-refractivity contribution in [3.63, 3.8) is 0 Å². The third kappa shape index (κ3) is 1.47. The fourth-order valence-electron chi connectivity index (χ4n) is 1.11. The van der Waals surface area contributed by atoms with Gasteiger partial charge >= 0.3 is 0 Å². The molecule has 0 spiro atoms. The number of ether oxygens (including phenoxy) is 1. The molecule has 2 unspecified atom stereocenters. The largest absolute Gasteiger partial charge is 0.386 e. The third-order valence-corrected chi connectivity index (χ3v) is 1.92. The van der Waals surface area contributed by atoms with E-state index >= 15 is 0 Å². The van der Waals surface area contributed by atoms with Crippen LogP contribution in [0.1, 0.15) is 11.7 Å². The first-order valence-corrected chi connectivity index (χ1v) is 3.82. The van der Waals surface area contributed by atoms with Crippen molar-refractivity contribution < 1.29 is 14.2 Å². The molecule has 3 heteroatoms. The van der Waals surface area contributed by atoms with Gasteiger partial charge in [-0.25, -0.2) is 4.39 Å². The Balaban J connectivity index is 2.16. The summed E-state index contributed by atoms with van der Waals surface area (Å²) < 4.78 is 17.4. The second-order valence-electron chi connectivity index (χ2n) is 2.87. The first kappa shape index (κ1) is 7.71. The molecule has 0 saturated carbocycles. The Morgan fingerprint density at radius 3 is 2.50 bits per heavy atom. The van der Waals surface area contributed by atoms with Gasteiger partial charge in [0.2, 0.25) is 0 Å². The molecule has 0 amide bonds. The fourth-order valence-corrected chi connectivity index (χ4v) is 1.11. The molecule has 1 heterocycles. The maximum absolute atomic E-state index is 12.5. The monoisotopic (exact) mass is 168 g/mol. The van der Waals surface area contributed by atoms with Crippen LogP contribution in [0.25, 0.3) is 0 Å². The molecule has 1 aromatic rings. The summed E-state index contributed by atoms with van der Waals surface area (Å²) in [6.45, 7) is 0.596. The molecule has 0 bridgehead atoms. The Morgan fingerprint density at radius 1 is 1.42 bits per heavy atom. The van der Waals surface area contributed by atoms with E-state index in [0.29, 0.717) is 12.2 Å². The molecule has 1 aliphatic heterocycles. The number of epoxide rings is 1. The van der Waals surface area contributed by atoms with Crippen molar-refractivity contribution in [2.45, 2.75) is 12.2 Å². The zero-order valence-corrected chi connectivity index (χ0v) is 6.40. The number of hydrogen-bond acceptors (Lipinski definition) is 2. The zero-order valence-electron chi connectivity index (χ0n) is 6.40. The summed E-state index contributed by atoms with van der Waals surface area (Å²) in [5.41, 5.74) is 0.707. The number of aliphatic hydroxyl groups is 1. The van der Waals surface area contributed by atoms with Crippen LogP contribution in [0.5, 0.6) is 0 Å². The minimum absolute atomic E-state index is 0.0875. The van der Waals surface area contributed by atoms with Crippen molar-refractivity contribution in [2.75, 3.05) is 6.61 Å². The summed E-state index contributed by atoms with van der Waals surface area (Å²) in [6, 6.07) is 5.81. The average Bonchev–Trinajstić information content (AvgIpc) is 2.87. The van der Waals surface area contributed by atoms with Gasteiger partial charge in [0.05, 0.1) is 6.61 Å². The highest BCUT2D eigenvalue weighted by Crippen LogP contribution is 2.27. The van der Waals surface area contributed by atoms with Gasteiger partial charge in [-0.05, 0) is 17.7 Å². The van der Waals surface area contributed by atoms with Crippen LogP contribution >= 0.6 is 0 Å². The minimum Gasteiger partial charge on any atom is -0.386 e. The molecular weight excluding hydrogens is 159 g/mol. The lowest BCUT2D eigenvalue weighted by atomic mass is 10.1. The van der Waals surface area contributed by atoms with Gasteiger partial charge in [-0.2, -0.15) is 0 Å². The normalized spacial score (nSPS) is 23.7. The Labute approximate surface area is 69.6 Å². The fraction of sp³-hybridized carbons (Fsp3) is 0.333. The molecule has 64 valence electrons. The summed E-state index contributed by atoms with van der Waals surface area (Å²) in [7, 11) is 0. The van der Waals surface area contributed by atoms with Gasteiger partial charge in [-0.1, -0.05) is 12.1 Å². The lowest BCUT2D eigenvalue weighted by Gasteiger charge is -2.06. The molecule has 1 aromatic carbocycles. The lowest BCUT2D eigenvalue weighted by Crippen LogP contribution is -2.04. The summed E-state index contributed by atoms with van der Waals surface area (Å²) in [5.74, 6) is -0.289. The third-order valence-electron chi connectivity index (χ3n) is 1.92. The number of hydrogen-bond donors (Lipinski definition) is 1. The first-order valence-electron chi connectivity index (χ1n) is 3.82. The van der Waals surface area contributed by atoms with Gasteiger partial charge in [-0.15, -0.1) is 0 Å². The maximum atomic E-state index is 12.5. The lowest BCUT2D eigenvalue weighted by molar-refractivity contribution is 0.137. The van der Waals surface area contributed by atoms with E-state index in [9.17, 15) is 9.50 Å². The van der Waals surface area contributed by atoms with Crippen LogP contribution in [0.15, 0.2) is 24.3 Å². The molecule has 1 aliphatic rings. The van der Waals surface area contributed by atoms with Crippen molar-refractivity contribution in [1.82, 2.24) is 0 Å². The van der Waals surface area contributed by atoms with Gasteiger partial charge in [0.15, 0.2) is 0 Å². The van der Waals surface area contributed by atoms with Crippen molar-refractivity contribution >= 4 is 0 Å². The van der Waals surface area contributed by atoms with Crippen molar-refractivity contribution in [3.05, 3.63) is 35.6 Å². The highest BCUT2D eigenvalue weighted by Gasteiger charge is 2.32. The number of rotatable bonds is 2. The molecular formula is C9H9FO2. The Hall–Kier alpha value is -0.930. The standard InChI is InChI=1S/C9H9FO2/c10-7-3-1-6(2-4-7)9(11)8-5-12-8/h1-4,8-9,11H,5H2. The SMILES string of the molecule is OC(c1ccc(F)cc1)C1CO1. The van der Waals surface area contributed by atoms with Crippen LogP contribution in [0, 0.1) is 5.82 Å². The van der Waals surface area contributed by atoms with E-state index in [0.717, 1.165) is 0 Å². The zero-order chi connectivity index (χ0) is 8.55. The second-order valence-corrected chi connectivity index (χ2v) is 2.87. The Bertz CT molecular complexity index is 266. The number of benzene rings is 1. The molecule has 0 aliphatic carbocycles. The quantitative estimate of drug-likeness (QED) is 0.674. The highest BCUT2D eigenvalue weighted by molar-refractivity contribution is 5.20. The molecule has 2 rings (SSSR count). The smallest absolute Gasteiger partial charge is 0.123 e.